The van der Waals surface area contributed by atoms with Gasteiger partial charge in [-0.2, -0.15) is 0 Å². The second kappa shape index (κ2) is 3.85. The van der Waals surface area contributed by atoms with Crippen LogP contribution >= 0.6 is 0 Å². The molecule has 0 bridgehead atoms. The first kappa shape index (κ1) is 11.0. The van der Waals surface area contributed by atoms with Gasteiger partial charge in [0.05, 0.1) is 6.10 Å². The average molecular weight is 222 g/mol. The summed E-state index contributed by atoms with van der Waals surface area (Å²) in [5.41, 5.74) is 5.53. The van der Waals surface area contributed by atoms with Gasteiger partial charge in [-0.25, -0.2) is 4.98 Å². The monoisotopic (exact) mass is 222 g/mol. The van der Waals surface area contributed by atoms with Crippen LogP contribution in [0.1, 0.15) is 33.6 Å². The largest absolute Gasteiger partial charge is 0.484 e. The van der Waals surface area contributed by atoms with Gasteiger partial charge in [-0.05, 0) is 33.6 Å². The van der Waals surface area contributed by atoms with Crippen LogP contribution in [-0.4, -0.2) is 16.7 Å². The van der Waals surface area contributed by atoms with Crippen molar-refractivity contribution in [2.24, 2.45) is 0 Å². The molecule has 0 aromatic carbocycles. The fourth-order valence-corrected chi connectivity index (χ4v) is 1.33. The molecular weight excluding hydrogens is 204 g/mol. The Morgan fingerprint density at radius 1 is 1.38 bits per heavy atom. The van der Waals surface area contributed by atoms with Gasteiger partial charge in [0, 0.05) is 12.3 Å². The van der Waals surface area contributed by atoms with Crippen molar-refractivity contribution in [3.8, 4) is 11.5 Å². The lowest BCUT2D eigenvalue weighted by Gasteiger charge is -2.23. The molecule has 4 nitrogen and oxygen atoms in total. The molecule has 1 heterocycles. The van der Waals surface area contributed by atoms with Crippen LogP contribution in [0.15, 0.2) is 12.3 Å². The van der Waals surface area contributed by atoms with E-state index in [1.807, 2.05) is 20.8 Å². The summed E-state index contributed by atoms with van der Waals surface area (Å²) in [4.78, 5) is 4.02. The molecule has 0 spiro atoms. The van der Waals surface area contributed by atoms with Crippen molar-refractivity contribution in [2.45, 2.75) is 45.3 Å². The van der Waals surface area contributed by atoms with Gasteiger partial charge in [-0.1, -0.05) is 0 Å². The van der Waals surface area contributed by atoms with Crippen molar-refractivity contribution >= 4 is 5.82 Å². The lowest BCUT2D eigenvalue weighted by Crippen LogP contribution is -2.23. The molecule has 1 fully saturated rings. The molecule has 1 aromatic rings. The first-order valence-corrected chi connectivity index (χ1v) is 5.56. The summed E-state index contributed by atoms with van der Waals surface area (Å²) in [7, 11) is 0. The van der Waals surface area contributed by atoms with E-state index in [4.69, 9.17) is 15.2 Å². The highest BCUT2D eigenvalue weighted by Crippen LogP contribution is 2.38. The summed E-state index contributed by atoms with van der Waals surface area (Å²) >= 11 is 0. The van der Waals surface area contributed by atoms with Gasteiger partial charge in [0.15, 0.2) is 11.6 Å². The van der Waals surface area contributed by atoms with E-state index in [1.165, 1.54) is 0 Å². The fraction of sp³-hybridized carbons (Fsp3) is 0.583. The Labute approximate surface area is 95.8 Å². The molecular formula is C12H18N2O2. The number of nitrogens with two attached hydrogens (primary N) is 1. The minimum Gasteiger partial charge on any atom is -0.484 e. The maximum Gasteiger partial charge on any atom is 0.204 e. The predicted molar refractivity (Wildman–Crippen MR) is 62.7 cm³/mol. The SMILES string of the molecule is CC(C)(C)Oc1ccnc(N)c1OC1CC1. The van der Waals surface area contributed by atoms with Crippen molar-refractivity contribution < 1.29 is 9.47 Å². The fourth-order valence-electron chi connectivity index (χ4n) is 1.33. The number of anilines is 1. The first-order chi connectivity index (χ1) is 7.46. The number of rotatable bonds is 3. The number of hydrogen-bond acceptors (Lipinski definition) is 4. The molecule has 0 atom stereocenters. The van der Waals surface area contributed by atoms with Gasteiger partial charge in [0.2, 0.25) is 5.75 Å². The number of nitrogens with zero attached hydrogens (tertiary/aromatic N) is 1. The number of hydrogen-bond donors (Lipinski definition) is 1. The zero-order valence-electron chi connectivity index (χ0n) is 9.99. The molecule has 1 aromatic heterocycles. The Kier molecular flexibility index (Phi) is 2.66. The summed E-state index contributed by atoms with van der Waals surface area (Å²) in [6.07, 6.45) is 4.09. The Hall–Kier alpha value is -1.45. The van der Waals surface area contributed by atoms with Crippen molar-refractivity contribution in [3.63, 3.8) is 0 Å². The Morgan fingerprint density at radius 2 is 2.06 bits per heavy atom. The molecule has 1 saturated carbocycles. The quantitative estimate of drug-likeness (QED) is 0.853. The van der Waals surface area contributed by atoms with Gasteiger partial charge < -0.3 is 15.2 Å². The standard InChI is InChI=1S/C12H18N2O2/c1-12(2,3)16-9-6-7-14-11(13)10(9)15-8-4-5-8/h6-8H,4-5H2,1-3H3,(H2,13,14). The second-order valence-corrected chi connectivity index (χ2v) is 5.06. The Balaban J connectivity index is 2.24. The molecule has 0 amide bonds. The Morgan fingerprint density at radius 3 is 2.62 bits per heavy atom. The van der Waals surface area contributed by atoms with Crippen LogP contribution in [0.3, 0.4) is 0 Å². The van der Waals surface area contributed by atoms with Crippen LogP contribution in [0, 0.1) is 0 Å². The lowest BCUT2D eigenvalue weighted by molar-refractivity contribution is 0.122. The normalized spacial score (nSPS) is 15.9. The van der Waals surface area contributed by atoms with Crippen LogP contribution in [-0.2, 0) is 0 Å². The molecule has 16 heavy (non-hydrogen) atoms. The van der Waals surface area contributed by atoms with Crippen LogP contribution in [0.2, 0.25) is 0 Å². The maximum absolute atomic E-state index is 5.80. The molecule has 0 unspecified atom stereocenters. The third kappa shape index (κ3) is 2.78. The average Bonchev–Trinajstić information content (AvgIpc) is 2.92. The third-order valence-corrected chi connectivity index (χ3v) is 2.12. The molecule has 4 heteroatoms. The van der Waals surface area contributed by atoms with Crippen molar-refractivity contribution in [2.75, 3.05) is 5.73 Å². The van der Waals surface area contributed by atoms with E-state index in [1.54, 1.807) is 12.3 Å². The van der Waals surface area contributed by atoms with Crippen molar-refractivity contribution in [1.29, 1.82) is 0 Å². The molecule has 0 aliphatic heterocycles. The zero-order valence-corrected chi connectivity index (χ0v) is 9.99. The molecule has 0 saturated heterocycles. The van der Waals surface area contributed by atoms with E-state index < -0.39 is 0 Å². The minimum absolute atomic E-state index is 0.268. The predicted octanol–water partition coefficient (Wildman–Crippen LogP) is 2.38. The number of nitrogen functional groups attached to an aromatic ring is 1. The molecule has 2 rings (SSSR count). The van der Waals surface area contributed by atoms with Gasteiger partial charge >= 0.3 is 0 Å². The maximum atomic E-state index is 5.80. The molecule has 88 valence electrons. The molecule has 1 aliphatic carbocycles. The summed E-state index contributed by atoms with van der Waals surface area (Å²) in [6.45, 7) is 5.97. The van der Waals surface area contributed by atoms with Crippen LogP contribution in [0.4, 0.5) is 5.82 Å². The smallest absolute Gasteiger partial charge is 0.204 e. The number of ether oxygens (including phenoxy) is 2. The summed E-state index contributed by atoms with van der Waals surface area (Å²) in [5, 5.41) is 0. The third-order valence-electron chi connectivity index (χ3n) is 2.12. The van der Waals surface area contributed by atoms with Crippen molar-refractivity contribution in [1.82, 2.24) is 4.98 Å². The first-order valence-electron chi connectivity index (χ1n) is 5.56. The van der Waals surface area contributed by atoms with Crippen LogP contribution in [0.25, 0.3) is 0 Å². The summed E-state index contributed by atoms with van der Waals surface area (Å²) < 4.78 is 11.5. The van der Waals surface area contributed by atoms with Gasteiger partial charge in [-0.15, -0.1) is 0 Å². The number of aromatic nitrogens is 1. The van der Waals surface area contributed by atoms with E-state index in [0.717, 1.165) is 12.8 Å². The van der Waals surface area contributed by atoms with Crippen LogP contribution in [0.5, 0.6) is 11.5 Å². The lowest BCUT2D eigenvalue weighted by atomic mass is 10.2. The highest BCUT2D eigenvalue weighted by Gasteiger charge is 2.27. The summed E-state index contributed by atoms with van der Waals surface area (Å²) in [6, 6.07) is 1.79. The van der Waals surface area contributed by atoms with Crippen LogP contribution < -0.4 is 15.2 Å². The van der Waals surface area contributed by atoms with E-state index in [-0.39, 0.29) is 11.7 Å². The van der Waals surface area contributed by atoms with Crippen molar-refractivity contribution in [3.05, 3.63) is 12.3 Å². The van der Waals surface area contributed by atoms with E-state index in [9.17, 15) is 0 Å². The molecule has 1 aliphatic rings. The summed E-state index contributed by atoms with van der Waals surface area (Å²) in [5.74, 6) is 1.65. The molecule has 2 N–H and O–H groups in total. The second-order valence-electron chi connectivity index (χ2n) is 5.06. The zero-order chi connectivity index (χ0) is 11.8. The topological polar surface area (TPSA) is 57.4 Å². The highest BCUT2D eigenvalue weighted by molar-refractivity contribution is 5.55. The van der Waals surface area contributed by atoms with E-state index >= 15 is 0 Å². The number of pyridine rings is 1. The van der Waals surface area contributed by atoms with E-state index in [2.05, 4.69) is 4.98 Å². The minimum atomic E-state index is -0.268. The van der Waals surface area contributed by atoms with Gasteiger partial charge in [0.25, 0.3) is 0 Å². The highest BCUT2D eigenvalue weighted by atomic mass is 16.5. The van der Waals surface area contributed by atoms with Gasteiger partial charge in [0.1, 0.15) is 5.60 Å². The molecule has 0 radical (unpaired) electrons. The Bertz CT molecular complexity index is 381. The van der Waals surface area contributed by atoms with Gasteiger partial charge in [-0.3, -0.25) is 0 Å². The van der Waals surface area contributed by atoms with E-state index in [0.29, 0.717) is 17.3 Å².